The second-order valence-electron chi connectivity index (χ2n) is 4.24. The van der Waals surface area contributed by atoms with Gasteiger partial charge in [-0.25, -0.2) is 0 Å². The van der Waals surface area contributed by atoms with Gasteiger partial charge in [0.15, 0.2) is 0 Å². The van der Waals surface area contributed by atoms with E-state index in [0.29, 0.717) is 0 Å². The Morgan fingerprint density at radius 3 is 2.31 bits per heavy atom. The number of likely N-dealkylation sites (tertiary alicyclic amines) is 1. The van der Waals surface area contributed by atoms with Crippen molar-refractivity contribution in [3.63, 3.8) is 0 Å². The van der Waals surface area contributed by atoms with Crippen molar-refractivity contribution in [2.24, 2.45) is 0 Å². The Hall–Kier alpha value is -0.300. The first kappa shape index (κ1) is 10.8. The van der Waals surface area contributed by atoms with Gasteiger partial charge in [-0.2, -0.15) is 0 Å². The van der Waals surface area contributed by atoms with Crippen LogP contribution in [0.4, 0.5) is 0 Å². The van der Waals surface area contributed by atoms with E-state index in [1.54, 1.807) is 0 Å². The molecule has 0 N–H and O–H groups in total. The molecule has 0 aliphatic carbocycles. The summed E-state index contributed by atoms with van der Waals surface area (Å²) in [6, 6.07) is 0. The quantitative estimate of drug-likeness (QED) is 0.585. The van der Waals surface area contributed by atoms with Crippen LogP contribution in [0.5, 0.6) is 0 Å². The molecule has 0 atom stereocenters. The second kappa shape index (κ2) is 5.43. The fourth-order valence-electron chi connectivity index (χ4n) is 2.36. The molecule has 0 saturated carbocycles. The zero-order valence-electron chi connectivity index (χ0n) is 9.26. The number of hydrogen-bond donors (Lipinski definition) is 0. The van der Waals surface area contributed by atoms with Crippen molar-refractivity contribution in [3.05, 3.63) is 12.3 Å². The fourth-order valence-corrected chi connectivity index (χ4v) is 2.36. The van der Waals surface area contributed by atoms with Gasteiger partial charge in [0.05, 0.1) is 25.8 Å². The summed E-state index contributed by atoms with van der Waals surface area (Å²) in [5, 5.41) is 0. The molecule has 0 aromatic carbocycles. The molecular weight excluding hydrogens is 158 g/mol. The summed E-state index contributed by atoms with van der Waals surface area (Å²) in [4.78, 5) is 0. The van der Waals surface area contributed by atoms with Crippen LogP contribution < -0.4 is 0 Å². The smallest absolute Gasteiger partial charge is 0.0918 e. The molecule has 1 rings (SSSR count). The zero-order chi connectivity index (χ0) is 9.57. The van der Waals surface area contributed by atoms with Crippen LogP contribution in [0.25, 0.3) is 0 Å². The van der Waals surface area contributed by atoms with Gasteiger partial charge in [0.25, 0.3) is 0 Å². The lowest BCUT2D eigenvalue weighted by atomic mass is 10.1. The minimum Gasteiger partial charge on any atom is -0.298 e. The first-order valence-corrected chi connectivity index (χ1v) is 5.86. The third-order valence-electron chi connectivity index (χ3n) is 3.03. The van der Waals surface area contributed by atoms with Gasteiger partial charge in [-0.3, -0.25) is 4.48 Å². The molecule has 13 heavy (non-hydrogen) atoms. The van der Waals surface area contributed by atoms with Gasteiger partial charge in [0.2, 0.25) is 0 Å². The van der Waals surface area contributed by atoms with Crippen LogP contribution in [0.1, 0.15) is 46.0 Å². The van der Waals surface area contributed by atoms with Crippen LogP contribution in [-0.2, 0) is 0 Å². The highest BCUT2D eigenvalue weighted by atomic mass is 15.3. The van der Waals surface area contributed by atoms with Crippen LogP contribution >= 0.6 is 0 Å². The average Bonchev–Trinajstić information content (AvgIpc) is 2.17. The Labute approximate surface area is 83.0 Å². The molecule has 1 aliphatic heterocycles. The lowest BCUT2D eigenvalue weighted by Crippen LogP contribution is -2.47. The molecule has 0 amide bonds. The Morgan fingerprint density at radius 2 is 1.77 bits per heavy atom. The van der Waals surface area contributed by atoms with E-state index in [9.17, 15) is 0 Å². The monoisotopic (exact) mass is 182 g/mol. The third-order valence-corrected chi connectivity index (χ3v) is 3.03. The summed E-state index contributed by atoms with van der Waals surface area (Å²) in [7, 11) is 0. The molecule has 0 bridgehead atoms. The lowest BCUT2D eigenvalue weighted by Gasteiger charge is -2.38. The Balaban J connectivity index is 2.55. The van der Waals surface area contributed by atoms with Crippen LogP contribution in [0.15, 0.2) is 12.3 Å². The SMILES string of the molecule is CCC=C[N+]1(CCC)CCCCC1. The normalized spacial score (nSPS) is 22.3. The van der Waals surface area contributed by atoms with E-state index in [1.807, 2.05) is 0 Å². The molecular formula is C12H24N+. The maximum atomic E-state index is 2.46. The Kier molecular flexibility index (Phi) is 4.51. The van der Waals surface area contributed by atoms with E-state index in [-0.39, 0.29) is 0 Å². The Bertz CT molecular complexity index is 149. The molecule has 76 valence electrons. The number of rotatable bonds is 4. The van der Waals surface area contributed by atoms with Gasteiger partial charge in [-0.1, -0.05) is 13.8 Å². The van der Waals surface area contributed by atoms with E-state index in [4.69, 9.17) is 0 Å². The van der Waals surface area contributed by atoms with E-state index in [1.165, 1.54) is 56.2 Å². The largest absolute Gasteiger partial charge is 0.298 e. The van der Waals surface area contributed by atoms with Crippen LogP contribution in [0.2, 0.25) is 0 Å². The summed E-state index contributed by atoms with van der Waals surface area (Å²) in [6.07, 6.45) is 11.6. The van der Waals surface area contributed by atoms with Crippen molar-refractivity contribution >= 4 is 0 Å². The summed E-state index contributed by atoms with van der Waals surface area (Å²) in [5.74, 6) is 0. The number of piperidine rings is 1. The highest BCUT2D eigenvalue weighted by Gasteiger charge is 2.25. The third kappa shape index (κ3) is 3.15. The van der Waals surface area contributed by atoms with Gasteiger partial charge in [0, 0.05) is 0 Å². The lowest BCUT2D eigenvalue weighted by molar-refractivity contribution is -0.884. The van der Waals surface area contributed by atoms with Gasteiger partial charge in [-0.05, 0) is 38.2 Å². The van der Waals surface area contributed by atoms with Gasteiger partial charge in [-0.15, -0.1) is 0 Å². The van der Waals surface area contributed by atoms with Crippen molar-refractivity contribution in [1.82, 2.24) is 0 Å². The summed E-state index contributed by atoms with van der Waals surface area (Å²) in [6.45, 7) is 8.63. The predicted molar refractivity (Wildman–Crippen MR) is 58.4 cm³/mol. The molecule has 1 heterocycles. The van der Waals surface area contributed by atoms with E-state index < -0.39 is 0 Å². The Morgan fingerprint density at radius 1 is 1.08 bits per heavy atom. The molecule has 0 aromatic heterocycles. The van der Waals surface area contributed by atoms with E-state index in [0.717, 1.165) is 0 Å². The fraction of sp³-hybridized carbons (Fsp3) is 0.833. The summed E-state index contributed by atoms with van der Waals surface area (Å²) in [5.41, 5.74) is 0. The van der Waals surface area contributed by atoms with Gasteiger partial charge in [0.1, 0.15) is 0 Å². The maximum absolute atomic E-state index is 2.46. The zero-order valence-corrected chi connectivity index (χ0v) is 9.26. The molecule has 1 aliphatic rings. The summed E-state index contributed by atoms with van der Waals surface area (Å²) < 4.78 is 1.27. The summed E-state index contributed by atoms with van der Waals surface area (Å²) >= 11 is 0. The molecule has 0 unspecified atom stereocenters. The highest BCUT2D eigenvalue weighted by Crippen LogP contribution is 2.20. The minimum atomic E-state index is 1.18. The van der Waals surface area contributed by atoms with Gasteiger partial charge < -0.3 is 0 Å². The molecule has 0 spiro atoms. The molecule has 1 fully saturated rings. The van der Waals surface area contributed by atoms with Crippen LogP contribution in [0, 0.1) is 0 Å². The average molecular weight is 182 g/mol. The molecule has 1 nitrogen and oxygen atoms in total. The number of hydrogen-bond acceptors (Lipinski definition) is 0. The van der Waals surface area contributed by atoms with Crippen LogP contribution in [0.3, 0.4) is 0 Å². The number of nitrogens with zero attached hydrogens (tertiary/aromatic N) is 1. The van der Waals surface area contributed by atoms with Crippen molar-refractivity contribution in [2.45, 2.75) is 46.0 Å². The van der Waals surface area contributed by atoms with Crippen molar-refractivity contribution < 1.29 is 4.48 Å². The number of quaternary nitrogens is 1. The molecule has 0 aromatic rings. The first-order valence-electron chi connectivity index (χ1n) is 5.86. The molecule has 1 heteroatoms. The topological polar surface area (TPSA) is 0 Å². The minimum absolute atomic E-state index is 1.18. The standard InChI is InChI=1S/C12H24N/c1-3-5-10-13(9-4-2)11-7-6-8-12-13/h5,10H,3-4,6-9,11-12H2,1-2H3/q+1. The van der Waals surface area contributed by atoms with E-state index in [2.05, 4.69) is 26.1 Å². The molecule has 1 saturated heterocycles. The highest BCUT2D eigenvalue weighted by molar-refractivity contribution is 4.74. The number of allylic oxidation sites excluding steroid dienone is 1. The van der Waals surface area contributed by atoms with Crippen molar-refractivity contribution in [3.8, 4) is 0 Å². The second-order valence-corrected chi connectivity index (χ2v) is 4.24. The van der Waals surface area contributed by atoms with Crippen molar-refractivity contribution in [1.29, 1.82) is 0 Å². The van der Waals surface area contributed by atoms with Gasteiger partial charge >= 0.3 is 0 Å². The van der Waals surface area contributed by atoms with Crippen LogP contribution in [-0.4, -0.2) is 24.1 Å². The maximum Gasteiger partial charge on any atom is 0.0918 e. The van der Waals surface area contributed by atoms with Crippen molar-refractivity contribution in [2.75, 3.05) is 19.6 Å². The predicted octanol–water partition coefficient (Wildman–Crippen LogP) is 3.32. The first-order chi connectivity index (χ1) is 6.33. The molecule has 0 radical (unpaired) electrons. The van der Waals surface area contributed by atoms with E-state index >= 15 is 0 Å².